The van der Waals surface area contributed by atoms with Crippen LogP contribution in [-0.2, 0) is 13.1 Å². The van der Waals surface area contributed by atoms with Gasteiger partial charge in [0.05, 0.1) is 20.4 Å². The number of hydrogen-bond acceptors (Lipinski definition) is 5. The first-order chi connectivity index (χ1) is 15.1. The molecule has 9 heteroatoms. The molecule has 0 saturated heterocycles. The molecule has 0 bridgehead atoms. The first-order valence-corrected chi connectivity index (χ1v) is 9.64. The summed E-state index contributed by atoms with van der Waals surface area (Å²) >= 11 is 0. The minimum atomic E-state index is -0.450. The molecule has 3 aromatic rings. The van der Waals surface area contributed by atoms with Gasteiger partial charge < -0.3 is 24.8 Å². The minimum Gasteiger partial charge on any atom is -0.497 e. The zero-order valence-electron chi connectivity index (χ0n) is 18.1. The largest absolute Gasteiger partial charge is 0.497 e. The number of rotatable bonds is 8. The Balaban J connectivity index is 0.00000363. The van der Waals surface area contributed by atoms with Gasteiger partial charge in [-0.2, -0.15) is 0 Å². The number of hydrogen-bond donors (Lipinski definition) is 2. The number of aromatic nitrogens is 1. The number of guanidine groups is 1. The van der Waals surface area contributed by atoms with Crippen molar-refractivity contribution in [2.75, 3.05) is 21.3 Å². The second-order valence-electron chi connectivity index (χ2n) is 6.51. The SMILES string of the molecule is CN=C(NCc1ccc(Oc2cccnc2)c(F)c1)NCc1ccc(OC)cc1OC.I. The lowest BCUT2D eigenvalue weighted by Crippen LogP contribution is -2.36. The summed E-state index contributed by atoms with van der Waals surface area (Å²) in [6, 6.07) is 13.9. The van der Waals surface area contributed by atoms with Crippen LogP contribution in [0.3, 0.4) is 0 Å². The van der Waals surface area contributed by atoms with Crippen LogP contribution in [0.4, 0.5) is 4.39 Å². The second kappa shape index (κ2) is 12.7. The van der Waals surface area contributed by atoms with Crippen molar-refractivity contribution < 1.29 is 18.6 Å². The van der Waals surface area contributed by atoms with Gasteiger partial charge in [-0.3, -0.25) is 9.98 Å². The summed E-state index contributed by atoms with van der Waals surface area (Å²) in [4.78, 5) is 8.16. The standard InChI is InChI=1S/C23H25FN4O3.HI/c1-25-23(28-14-17-7-8-18(29-2)12-22(17)30-3)27-13-16-6-9-21(20(24)11-16)31-19-5-4-10-26-15-19;/h4-12,15H,13-14H2,1-3H3,(H2,25,27,28);1H. The molecule has 0 spiro atoms. The van der Waals surface area contributed by atoms with Crippen LogP contribution in [0.1, 0.15) is 11.1 Å². The van der Waals surface area contributed by atoms with Crippen LogP contribution in [0.15, 0.2) is 65.9 Å². The maximum absolute atomic E-state index is 14.4. The first-order valence-electron chi connectivity index (χ1n) is 9.64. The molecule has 32 heavy (non-hydrogen) atoms. The molecular formula is C23H26FIN4O3. The average molecular weight is 552 g/mol. The van der Waals surface area contributed by atoms with Crippen LogP contribution in [0.5, 0.6) is 23.0 Å². The van der Waals surface area contributed by atoms with Gasteiger partial charge in [0.25, 0.3) is 0 Å². The van der Waals surface area contributed by atoms with Gasteiger partial charge in [-0.15, -0.1) is 24.0 Å². The van der Waals surface area contributed by atoms with Crippen LogP contribution in [0, 0.1) is 5.82 Å². The van der Waals surface area contributed by atoms with Crippen LogP contribution < -0.4 is 24.8 Å². The molecule has 3 rings (SSSR count). The Morgan fingerprint density at radius 1 is 0.969 bits per heavy atom. The summed E-state index contributed by atoms with van der Waals surface area (Å²) in [7, 11) is 4.90. The van der Waals surface area contributed by atoms with Gasteiger partial charge in [0, 0.05) is 38.0 Å². The minimum absolute atomic E-state index is 0. The van der Waals surface area contributed by atoms with Crippen LogP contribution in [0.25, 0.3) is 0 Å². The number of halogens is 2. The van der Waals surface area contributed by atoms with E-state index in [2.05, 4.69) is 20.6 Å². The number of aliphatic imine (C=N–C) groups is 1. The van der Waals surface area contributed by atoms with Crippen molar-refractivity contribution in [3.8, 4) is 23.0 Å². The Morgan fingerprint density at radius 2 is 1.78 bits per heavy atom. The van der Waals surface area contributed by atoms with Crippen molar-refractivity contribution >= 4 is 29.9 Å². The Kier molecular flexibility index (Phi) is 9.99. The predicted molar refractivity (Wildman–Crippen MR) is 133 cm³/mol. The molecule has 170 valence electrons. The van der Waals surface area contributed by atoms with Gasteiger partial charge >= 0.3 is 0 Å². The molecule has 1 aromatic heterocycles. The van der Waals surface area contributed by atoms with Gasteiger partial charge in [0.2, 0.25) is 0 Å². The fourth-order valence-electron chi connectivity index (χ4n) is 2.85. The lowest BCUT2D eigenvalue weighted by molar-refractivity contribution is 0.390. The van der Waals surface area contributed by atoms with E-state index in [4.69, 9.17) is 14.2 Å². The first kappa shape index (κ1) is 25.2. The molecular weight excluding hydrogens is 526 g/mol. The van der Waals surface area contributed by atoms with E-state index in [0.717, 1.165) is 16.9 Å². The van der Waals surface area contributed by atoms with Gasteiger partial charge in [-0.25, -0.2) is 4.39 Å². The molecule has 0 saturated carbocycles. The van der Waals surface area contributed by atoms with Crippen molar-refractivity contribution in [2.45, 2.75) is 13.1 Å². The van der Waals surface area contributed by atoms with Crippen LogP contribution in [0.2, 0.25) is 0 Å². The topological polar surface area (TPSA) is 77.0 Å². The fraction of sp³-hybridized carbons (Fsp3) is 0.217. The van der Waals surface area contributed by atoms with Gasteiger partial charge in [-0.1, -0.05) is 6.07 Å². The van der Waals surface area contributed by atoms with Crippen molar-refractivity contribution in [1.29, 1.82) is 0 Å². The Hall–Kier alpha value is -3.08. The molecule has 0 atom stereocenters. The summed E-state index contributed by atoms with van der Waals surface area (Å²) in [5.41, 5.74) is 1.70. The predicted octanol–water partition coefficient (Wildman–Crippen LogP) is 4.51. The summed E-state index contributed by atoms with van der Waals surface area (Å²) in [6.07, 6.45) is 3.16. The Labute approximate surface area is 204 Å². The summed E-state index contributed by atoms with van der Waals surface area (Å²) < 4.78 is 30.6. The fourth-order valence-corrected chi connectivity index (χ4v) is 2.85. The van der Waals surface area contributed by atoms with Crippen molar-refractivity contribution in [3.63, 3.8) is 0 Å². The van der Waals surface area contributed by atoms with Gasteiger partial charge in [-0.05, 0) is 42.0 Å². The lowest BCUT2D eigenvalue weighted by Gasteiger charge is -2.15. The van der Waals surface area contributed by atoms with E-state index < -0.39 is 5.82 Å². The maximum atomic E-state index is 14.4. The molecule has 0 radical (unpaired) electrons. The smallest absolute Gasteiger partial charge is 0.191 e. The highest BCUT2D eigenvalue weighted by molar-refractivity contribution is 14.0. The number of methoxy groups -OCH3 is 2. The molecule has 0 aliphatic rings. The molecule has 0 fully saturated rings. The van der Waals surface area contributed by atoms with Crippen LogP contribution >= 0.6 is 24.0 Å². The van der Waals surface area contributed by atoms with E-state index in [0.29, 0.717) is 30.5 Å². The van der Waals surface area contributed by atoms with E-state index in [9.17, 15) is 4.39 Å². The molecule has 2 N–H and O–H groups in total. The zero-order chi connectivity index (χ0) is 22.1. The molecule has 0 amide bonds. The molecule has 0 aliphatic heterocycles. The third-order valence-corrected chi connectivity index (χ3v) is 4.48. The van der Waals surface area contributed by atoms with Crippen molar-refractivity contribution in [3.05, 3.63) is 77.9 Å². The monoisotopic (exact) mass is 552 g/mol. The Bertz CT molecular complexity index is 1040. The number of pyridine rings is 1. The highest BCUT2D eigenvalue weighted by Crippen LogP contribution is 2.25. The lowest BCUT2D eigenvalue weighted by atomic mass is 10.2. The van der Waals surface area contributed by atoms with E-state index in [1.165, 1.54) is 12.3 Å². The normalized spacial score (nSPS) is 10.7. The molecule has 7 nitrogen and oxygen atoms in total. The van der Waals surface area contributed by atoms with E-state index in [-0.39, 0.29) is 29.7 Å². The number of ether oxygens (including phenoxy) is 3. The zero-order valence-corrected chi connectivity index (χ0v) is 20.4. The maximum Gasteiger partial charge on any atom is 0.191 e. The van der Waals surface area contributed by atoms with Crippen molar-refractivity contribution in [2.24, 2.45) is 4.99 Å². The Morgan fingerprint density at radius 3 is 2.44 bits per heavy atom. The second-order valence-corrected chi connectivity index (χ2v) is 6.51. The van der Waals surface area contributed by atoms with Crippen LogP contribution in [-0.4, -0.2) is 32.2 Å². The highest BCUT2D eigenvalue weighted by atomic mass is 127. The summed E-state index contributed by atoms with van der Waals surface area (Å²) in [5.74, 6) is 2.19. The van der Waals surface area contributed by atoms with E-state index >= 15 is 0 Å². The van der Waals surface area contributed by atoms with Crippen molar-refractivity contribution in [1.82, 2.24) is 15.6 Å². The molecule has 0 unspecified atom stereocenters. The molecule has 0 aliphatic carbocycles. The highest BCUT2D eigenvalue weighted by Gasteiger charge is 2.09. The summed E-state index contributed by atoms with van der Waals surface area (Å²) in [6.45, 7) is 0.891. The third-order valence-electron chi connectivity index (χ3n) is 4.48. The molecule has 2 aromatic carbocycles. The van der Waals surface area contributed by atoms with Gasteiger partial charge in [0.1, 0.15) is 17.2 Å². The number of nitrogens with zero attached hydrogens (tertiary/aromatic N) is 2. The molecule has 1 heterocycles. The van der Waals surface area contributed by atoms with E-state index in [1.54, 1.807) is 51.7 Å². The number of benzene rings is 2. The quantitative estimate of drug-likeness (QED) is 0.243. The van der Waals surface area contributed by atoms with Gasteiger partial charge in [0.15, 0.2) is 17.5 Å². The summed E-state index contributed by atoms with van der Waals surface area (Å²) in [5, 5.41) is 6.39. The third kappa shape index (κ3) is 6.98. The average Bonchev–Trinajstić information content (AvgIpc) is 2.81. The number of nitrogens with one attached hydrogen (secondary N) is 2. The van der Waals surface area contributed by atoms with E-state index in [1.807, 2.05) is 18.2 Å².